The van der Waals surface area contributed by atoms with Crippen molar-refractivity contribution in [3.05, 3.63) is 48.9 Å². The van der Waals surface area contributed by atoms with Gasteiger partial charge in [0.2, 0.25) is 17.7 Å². The van der Waals surface area contributed by atoms with E-state index in [2.05, 4.69) is 78.5 Å². The average molecular weight is 741 g/mol. The third kappa shape index (κ3) is 11.3. The van der Waals surface area contributed by atoms with E-state index in [9.17, 15) is 9.59 Å². The van der Waals surface area contributed by atoms with Crippen LogP contribution in [0.4, 0.5) is 11.6 Å². The highest BCUT2D eigenvalue weighted by molar-refractivity contribution is 5.91. The maximum Gasteiger partial charge on any atom is 0.226 e. The van der Waals surface area contributed by atoms with Crippen LogP contribution >= 0.6 is 0 Å². The van der Waals surface area contributed by atoms with Crippen molar-refractivity contribution in [1.82, 2.24) is 40.2 Å². The fourth-order valence-corrected chi connectivity index (χ4v) is 7.69. The largest absolute Gasteiger partial charge is 0.495 e. The average Bonchev–Trinajstić information content (AvgIpc) is 3.80. The molecule has 1 atom stereocenters. The topological polar surface area (TPSA) is 166 Å². The lowest BCUT2D eigenvalue weighted by Crippen LogP contribution is -2.43. The zero-order chi connectivity index (χ0) is 38.1. The van der Waals surface area contributed by atoms with E-state index < -0.39 is 0 Å². The van der Waals surface area contributed by atoms with Crippen LogP contribution in [0.15, 0.2) is 48.9 Å². The molecular weight excluding hydrogens is 685 g/mol. The number of carbonyl (C=O) groups excluding carboxylic acids is 2. The van der Waals surface area contributed by atoms with Gasteiger partial charge >= 0.3 is 0 Å². The van der Waals surface area contributed by atoms with E-state index in [4.69, 9.17) is 9.47 Å². The quantitative estimate of drug-likeness (QED) is 0.103. The second-order valence-electron chi connectivity index (χ2n) is 16.5. The number of pyridine rings is 2. The molecule has 0 radical (unpaired) electrons. The molecule has 2 amide bonds. The number of nitrogens with zero attached hydrogens (tertiary/aromatic N) is 6. The highest BCUT2D eigenvalue weighted by Gasteiger charge is 2.30. The lowest BCUT2D eigenvalue weighted by Gasteiger charge is -2.37. The number of piperidine rings is 2. The first-order chi connectivity index (χ1) is 25.9. The van der Waals surface area contributed by atoms with Gasteiger partial charge in [0.25, 0.3) is 0 Å². The lowest BCUT2D eigenvalue weighted by atomic mass is 9.86. The van der Waals surface area contributed by atoms with Gasteiger partial charge in [-0.05, 0) is 68.3 Å². The molecule has 290 valence electrons. The maximum atomic E-state index is 13.0. The first-order valence-electron chi connectivity index (χ1n) is 19.2. The number of hydrogen-bond donors (Lipinski definition) is 4. The minimum atomic E-state index is -0.237. The van der Waals surface area contributed by atoms with Crippen molar-refractivity contribution < 1.29 is 19.1 Å². The summed E-state index contributed by atoms with van der Waals surface area (Å²) in [7, 11) is 1.60. The Bertz CT molecular complexity index is 1830. The number of aromatic nitrogens is 6. The summed E-state index contributed by atoms with van der Waals surface area (Å²) < 4.78 is 11.4. The van der Waals surface area contributed by atoms with Crippen LogP contribution in [0.3, 0.4) is 0 Å². The van der Waals surface area contributed by atoms with Crippen molar-refractivity contribution in [3.63, 3.8) is 0 Å². The molecule has 6 heterocycles. The van der Waals surface area contributed by atoms with E-state index in [0.29, 0.717) is 48.6 Å². The van der Waals surface area contributed by atoms with Crippen LogP contribution in [0.1, 0.15) is 72.6 Å². The Balaban J connectivity index is 0.921. The van der Waals surface area contributed by atoms with Crippen molar-refractivity contribution >= 4 is 23.5 Å². The molecule has 4 N–H and O–H groups in total. The molecule has 0 spiro atoms. The van der Waals surface area contributed by atoms with E-state index in [1.165, 1.54) is 19.3 Å². The third-order valence-corrected chi connectivity index (χ3v) is 10.1. The fourth-order valence-electron chi connectivity index (χ4n) is 7.69. The number of anilines is 2. The molecule has 4 aromatic heterocycles. The first kappa shape index (κ1) is 38.9. The summed E-state index contributed by atoms with van der Waals surface area (Å²) >= 11 is 0. The fraction of sp³-hybridized carbons (Fsp3) is 0.550. The maximum absolute atomic E-state index is 13.0. The Morgan fingerprint density at radius 2 is 1.43 bits per heavy atom. The van der Waals surface area contributed by atoms with Gasteiger partial charge in [-0.3, -0.25) is 24.8 Å². The number of aromatic amines is 2. The van der Waals surface area contributed by atoms with Crippen molar-refractivity contribution in [2.45, 2.75) is 72.6 Å². The Kier molecular flexibility index (Phi) is 12.6. The number of ether oxygens (including phenoxy) is 2. The van der Waals surface area contributed by atoms with E-state index in [1.807, 2.05) is 24.3 Å². The Hall–Kier alpha value is -4.82. The van der Waals surface area contributed by atoms with Gasteiger partial charge in [-0.25, -0.2) is 4.98 Å². The first-order valence-corrected chi connectivity index (χ1v) is 19.2. The predicted octanol–water partition coefficient (Wildman–Crippen LogP) is 6.25. The molecule has 2 aliphatic heterocycles. The summed E-state index contributed by atoms with van der Waals surface area (Å²) in [5.74, 6) is 2.45. The van der Waals surface area contributed by atoms with Gasteiger partial charge in [0, 0.05) is 80.1 Å². The Labute approximate surface area is 318 Å². The molecule has 2 aliphatic rings. The number of likely N-dealkylation sites (tertiary alicyclic amines) is 2. The number of nitrogens with one attached hydrogen (secondary N) is 4. The molecule has 1 unspecified atom stereocenters. The van der Waals surface area contributed by atoms with Crippen LogP contribution < -0.4 is 20.1 Å². The van der Waals surface area contributed by atoms with Gasteiger partial charge in [-0.1, -0.05) is 34.1 Å². The molecule has 6 rings (SSSR count). The number of H-pyrrole nitrogens is 2. The standard InChI is InChI=1S/C40H56N10O4/c1-39(2,26-49-13-7-6-8-14-49)19-36(51)43-34-17-32(45-47-34)29-11-12-38(42-22-29)54-25-28-10-9-15-50(24-28)27-40(3,4)20-37(52)44-35-18-33(46-48-35)30-16-31(53-5)23-41-21-30/h11-12,16-18,21-23,28H,6-10,13-15,19-20,24-27H2,1-5H3,(H2,43,45,47,51)(H2,44,46,48,52). The van der Waals surface area contributed by atoms with Crippen molar-refractivity contribution in [1.29, 1.82) is 0 Å². The molecule has 0 saturated carbocycles. The van der Waals surface area contributed by atoms with Crippen LogP contribution in [0, 0.1) is 16.7 Å². The van der Waals surface area contributed by atoms with E-state index >= 15 is 0 Å². The van der Waals surface area contributed by atoms with Crippen LogP contribution in [0.25, 0.3) is 22.5 Å². The zero-order valence-electron chi connectivity index (χ0n) is 32.4. The van der Waals surface area contributed by atoms with Crippen LogP contribution in [-0.4, -0.2) is 105 Å². The smallest absolute Gasteiger partial charge is 0.226 e. The van der Waals surface area contributed by atoms with Crippen molar-refractivity contribution in [2.75, 3.05) is 63.6 Å². The van der Waals surface area contributed by atoms with Crippen molar-refractivity contribution in [2.24, 2.45) is 16.7 Å². The van der Waals surface area contributed by atoms with Gasteiger partial charge in [-0.15, -0.1) is 0 Å². The van der Waals surface area contributed by atoms with E-state index in [1.54, 1.807) is 31.8 Å². The normalized spacial score (nSPS) is 17.2. The molecule has 4 aromatic rings. The molecule has 54 heavy (non-hydrogen) atoms. The molecule has 2 fully saturated rings. The summed E-state index contributed by atoms with van der Waals surface area (Å²) in [6.07, 6.45) is 11.9. The van der Waals surface area contributed by atoms with Gasteiger partial charge in [-0.2, -0.15) is 10.2 Å². The molecule has 2 saturated heterocycles. The highest BCUT2D eigenvalue weighted by atomic mass is 16.5. The highest BCUT2D eigenvalue weighted by Crippen LogP contribution is 2.29. The molecule has 14 nitrogen and oxygen atoms in total. The van der Waals surface area contributed by atoms with Crippen LogP contribution in [0.2, 0.25) is 0 Å². The Morgan fingerprint density at radius 1 is 0.796 bits per heavy atom. The molecule has 0 bridgehead atoms. The molecule has 0 aliphatic carbocycles. The van der Waals surface area contributed by atoms with Gasteiger partial charge < -0.3 is 29.9 Å². The third-order valence-electron chi connectivity index (χ3n) is 10.1. The van der Waals surface area contributed by atoms with Gasteiger partial charge in [0.15, 0.2) is 11.6 Å². The second kappa shape index (κ2) is 17.5. The summed E-state index contributed by atoms with van der Waals surface area (Å²) in [5, 5.41) is 20.5. The molecule has 0 aromatic carbocycles. The lowest BCUT2D eigenvalue weighted by molar-refractivity contribution is -0.119. The molecule has 14 heteroatoms. The van der Waals surface area contributed by atoms with E-state index in [-0.39, 0.29) is 22.6 Å². The van der Waals surface area contributed by atoms with E-state index in [0.717, 1.165) is 74.6 Å². The Morgan fingerprint density at radius 3 is 2.06 bits per heavy atom. The number of hydrogen-bond acceptors (Lipinski definition) is 10. The predicted molar refractivity (Wildman–Crippen MR) is 209 cm³/mol. The van der Waals surface area contributed by atoms with Crippen LogP contribution in [-0.2, 0) is 9.59 Å². The summed E-state index contributed by atoms with van der Waals surface area (Å²) in [6, 6.07) is 9.31. The van der Waals surface area contributed by atoms with Gasteiger partial charge in [0.1, 0.15) is 5.75 Å². The zero-order valence-corrected chi connectivity index (χ0v) is 32.4. The van der Waals surface area contributed by atoms with Gasteiger partial charge in [0.05, 0.1) is 31.3 Å². The minimum absolute atomic E-state index is 0.0318. The summed E-state index contributed by atoms with van der Waals surface area (Å²) in [4.78, 5) is 39.6. The number of methoxy groups -OCH3 is 1. The van der Waals surface area contributed by atoms with Crippen LogP contribution in [0.5, 0.6) is 11.6 Å². The number of rotatable bonds is 16. The second-order valence-corrected chi connectivity index (χ2v) is 16.5. The SMILES string of the molecule is COc1cncc(-c2cc(NC(=O)CC(C)(C)CN3CCCC(COc4ccc(-c5cc(NC(=O)CC(C)(C)CN6CCCCC6)n[nH]5)cn4)C3)n[nH]2)c1. The van der Waals surface area contributed by atoms with Crippen molar-refractivity contribution in [3.8, 4) is 34.1 Å². The monoisotopic (exact) mass is 740 g/mol. The summed E-state index contributed by atoms with van der Waals surface area (Å²) in [5.41, 5.74) is 2.85. The minimum Gasteiger partial charge on any atom is -0.495 e. The summed E-state index contributed by atoms with van der Waals surface area (Å²) in [6.45, 7) is 15.0. The number of carbonyl (C=O) groups is 2. The number of amides is 2. The molecular formula is C40H56N10O4.